The van der Waals surface area contributed by atoms with Crippen molar-refractivity contribution >= 4 is 49.9 Å². The molecule has 0 N–H and O–H groups in total. The van der Waals surface area contributed by atoms with Gasteiger partial charge in [-0.05, 0) is 0 Å². The second kappa shape index (κ2) is 6.79. The molecule has 0 aromatic heterocycles. The Morgan fingerprint density at radius 1 is 0.647 bits per heavy atom. The van der Waals surface area contributed by atoms with Crippen LogP contribution in [0.15, 0.2) is 48.5 Å². The molecule has 0 radical (unpaired) electrons. The van der Waals surface area contributed by atoms with Crippen LogP contribution in [0.2, 0.25) is 0 Å². The molecule has 0 spiro atoms. The maximum absolute atomic E-state index is 5.95. The Balaban J connectivity index is 1.83. The van der Waals surface area contributed by atoms with E-state index in [4.69, 9.17) is 1.47 Å². The molecule has 0 heterocycles. The van der Waals surface area contributed by atoms with Crippen LogP contribution in [0.1, 0.15) is 11.1 Å². The van der Waals surface area contributed by atoms with Gasteiger partial charge < -0.3 is 0 Å². The van der Waals surface area contributed by atoms with Crippen molar-refractivity contribution < 1.29 is 1.47 Å². The van der Waals surface area contributed by atoms with Crippen molar-refractivity contribution in [3.05, 3.63) is 59.7 Å². The average molecular weight is 453 g/mol. The van der Waals surface area contributed by atoms with Crippen LogP contribution in [-0.4, -0.2) is 42.7 Å². The first-order chi connectivity index (χ1) is 8.24. The molecular weight excluding hydrogens is 439 g/mol. The van der Waals surface area contributed by atoms with Crippen LogP contribution >= 0.6 is 0 Å². The zero-order valence-electron chi connectivity index (χ0n) is 9.84. The normalized spacial score (nSPS) is 10.5. The summed E-state index contributed by atoms with van der Waals surface area (Å²) in [4.78, 5) is 0. The minimum atomic E-state index is -0.443. The summed E-state index contributed by atoms with van der Waals surface area (Å²) in [5.41, 5.74) is 2.63. The van der Waals surface area contributed by atoms with Gasteiger partial charge in [0.1, 0.15) is 0 Å². The van der Waals surface area contributed by atoms with Crippen molar-refractivity contribution in [1.29, 1.82) is 0 Å². The summed E-state index contributed by atoms with van der Waals surface area (Å²) in [6.45, 7) is 4.23. The van der Waals surface area contributed by atoms with E-state index in [0.29, 0.717) is 0 Å². The standard InChI is InChI=1S/C14H14OTe2/c1-11-3-7-13(8-4-11)16-15-17-14-9-5-12(2)6-10-14/h3-10H,1-2H3. The minimum absolute atomic E-state index is 0.443. The molecule has 0 amide bonds. The molecule has 0 unspecified atom stereocenters. The predicted octanol–water partition coefficient (Wildman–Crippen LogP) is 1.51. The van der Waals surface area contributed by atoms with E-state index in [1.54, 1.807) is 0 Å². The SMILES string of the molecule is Cc1ccc([Te]O[Te]c2ccc(C)cc2)cc1. The second-order valence-electron chi connectivity index (χ2n) is 3.86. The van der Waals surface area contributed by atoms with Crippen LogP contribution in [0.5, 0.6) is 0 Å². The van der Waals surface area contributed by atoms with Gasteiger partial charge in [-0.2, -0.15) is 0 Å². The number of benzene rings is 2. The zero-order chi connectivity index (χ0) is 12.1. The number of aryl methyl sites for hydroxylation is 2. The Hall–Kier alpha value is -0.0208. The molecule has 17 heavy (non-hydrogen) atoms. The summed E-state index contributed by atoms with van der Waals surface area (Å²) in [5, 5.41) is 0. The molecule has 2 rings (SSSR count). The van der Waals surface area contributed by atoms with E-state index in [-0.39, 0.29) is 0 Å². The Kier molecular flexibility index (Phi) is 5.36. The molecule has 0 aliphatic carbocycles. The van der Waals surface area contributed by atoms with Gasteiger partial charge in [-0.15, -0.1) is 0 Å². The van der Waals surface area contributed by atoms with Gasteiger partial charge in [0.2, 0.25) is 0 Å². The fourth-order valence-electron chi connectivity index (χ4n) is 1.28. The van der Waals surface area contributed by atoms with Crippen molar-refractivity contribution in [2.24, 2.45) is 0 Å². The zero-order valence-corrected chi connectivity index (χ0v) is 14.5. The Labute approximate surface area is 124 Å². The van der Waals surface area contributed by atoms with Crippen LogP contribution in [0.3, 0.4) is 0 Å². The summed E-state index contributed by atoms with van der Waals surface area (Å²) in [7, 11) is 0. The van der Waals surface area contributed by atoms with Crippen molar-refractivity contribution in [2.45, 2.75) is 13.8 Å². The molecule has 3 heteroatoms. The van der Waals surface area contributed by atoms with Gasteiger partial charge in [0.15, 0.2) is 0 Å². The first kappa shape index (κ1) is 13.4. The first-order valence-corrected chi connectivity index (χ1v) is 9.62. The summed E-state index contributed by atoms with van der Waals surface area (Å²) < 4.78 is 8.72. The second-order valence-corrected chi connectivity index (χ2v) is 10.5. The monoisotopic (exact) mass is 458 g/mol. The molecule has 0 aliphatic rings. The number of rotatable bonds is 4. The van der Waals surface area contributed by atoms with Crippen LogP contribution in [0.25, 0.3) is 0 Å². The van der Waals surface area contributed by atoms with E-state index in [1.165, 1.54) is 18.3 Å². The van der Waals surface area contributed by atoms with Crippen molar-refractivity contribution in [3.63, 3.8) is 0 Å². The third-order valence-corrected chi connectivity index (χ3v) is 7.95. The summed E-state index contributed by atoms with van der Waals surface area (Å²) in [6, 6.07) is 17.4. The van der Waals surface area contributed by atoms with Crippen LogP contribution in [0, 0.1) is 13.8 Å². The molecule has 0 saturated heterocycles. The van der Waals surface area contributed by atoms with E-state index in [1.807, 2.05) is 0 Å². The molecule has 1 nitrogen and oxygen atoms in total. The van der Waals surface area contributed by atoms with Gasteiger partial charge in [0.25, 0.3) is 0 Å². The van der Waals surface area contributed by atoms with E-state index >= 15 is 0 Å². The third kappa shape index (κ3) is 4.63. The van der Waals surface area contributed by atoms with Crippen LogP contribution in [-0.2, 0) is 1.47 Å². The topological polar surface area (TPSA) is 9.23 Å². The quantitative estimate of drug-likeness (QED) is 0.638. The maximum atomic E-state index is 5.95. The summed E-state index contributed by atoms with van der Waals surface area (Å²) in [6.07, 6.45) is 0. The Morgan fingerprint density at radius 2 is 1.00 bits per heavy atom. The average Bonchev–Trinajstić information content (AvgIpc) is 2.34. The molecule has 0 atom stereocenters. The molecule has 0 fully saturated rings. The molecule has 2 aromatic rings. The van der Waals surface area contributed by atoms with Gasteiger partial charge in [0, 0.05) is 0 Å². The van der Waals surface area contributed by atoms with Crippen molar-refractivity contribution in [1.82, 2.24) is 0 Å². The number of hydrogen-bond acceptors (Lipinski definition) is 1. The molecule has 0 saturated carbocycles. The molecular formula is C14H14OTe2. The summed E-state index contributed by atoms with van der Waals surface area (Å²) >= 11 is -0.886. The van der Waals surface area contributed by atoms with Crippen LogP contribution < -0.4 is 7.22 Å². The van der Waals surface area contributed by atoms with Gasteiger partial charge in [0.05, 0.1) is 0 Å². The Morgan fingerprint density at radius 3 is 1.35 bits per heavy atom. The predicted molar refractivity (Wildman–Crippen MR) is 74.2 cm³/mol. The fraction of sp³-hybridized carbons (Fsp3) is 0.143. The van der Waals surface area contributed by atoms with Gasteiger partial charge >= 0.3 is 125 Å². The summed E-state index contributed by atoms with van der Waals surface area (Å²) in [5.74, 6) is 0. The fourth-order valence-corrected chi connectivity index (χ4v) is 6.90. The van der Waals surface area contributed by atoms with E-state index in [2.05, 4.69) is 62.4 Å². The molecule has 88 valence electrons. The number of hydrogen-bond donors (Lipinski definition) is 0. The van der Waals surface area contributed by atoms with Gasteiger partial charge in [-0.1, -0.05) is 0 Å². The molecule has 2 aromatic carbocycles. The van der Waals surface area contributed by atoms with Crippen LogP contribution in [0.4, 0.5) is 0 Å². The molecule has 0 bridgehead atoms. The van der Waals surface area contributed by atoms with E-state index in [0.717, 1.165) is 0 Å². The van der Waals surface area contributed by atoms with Crippen molar-refractivity contribution in [3.8, 4) is 0 Å². The van der Waals surface area contributed by atoms with E-state index < -0.39 is 42.7 Å². The van der Waals surface area contributed by atoms with Gasteiger partial charge in [-0.3, -0.25) is 0 Å². The Bertz CT molecular complexity index is 417. The third-order valence-electron chi connectivity index (χ3n) is 2.30. The molecule has 0 aliphatic heterocycles. The van der Waals surface area contributed by atoms with Crippen molar-refractivity contribution in [2.75, 3.05) is 0 Å². The van der Waals surface area contributed by atoms with E-state index in [9.17, 15) is 0 Å². The van der Waals surface area contributed by atoms with Gasteiger partial charge in [-0.25, -0.2) is 0 Å². The first-order valence-electron chi connectivity index (χ1n) is 5.38.